The van der Waals surface area contributed by atoms with Crippen LogP contribution < -0.4 is 10.2 Å². The molecule has 3 rings (SSSR count). The van der Waals surface area contributed by atoms with Crippen LogP contribution in [0.1, 0.15) is 12.1 Å². The second-order valence-electron chi connectivity index (χ2n) is 6.05. The number of amides is 2. The molecular formula is C14H23N5O3S2. The molecule has 10 heteroatoms. The molecule has 0 unspecified atom stereocenters. The number of hydrogen-bond acceptors (Lipinski definition) is 6. The number of carbonyl (C=O) groups excluding carboxylic acids is 1. The third kappa shape index (κ3) is 3.98. The second-order valence-corrected chi connectivity index (χ2v) is 8.97. The average molecular weight is 374 g/mol. The van der Waals surface area contributed by atoms with Crippen LogP contribution in [0.4, 0.5) is 9.93 Å². The molecule has 0 atom stereocenters. The Morgan fingerprint density at radius 2 is 2.04 bits per heavy atom. The van der Waals surface area contributed by atoms with Gasteiger partial charge in [0.25, 0.3) is 0 Å². The van der Waals surface area contributed by atoms with E-state index in [9.17, 15) is 13.2 Å². The van der Waals surface area contributed by atoms with Crippen LogP contribution in [-0.2, 0) is 10.0 Å². The summed E-state index contributed by atoms with van der Waals surface area (Å²) in [5, 5.41) is 5.86. The third-order valence-corrected chi connectivity index (χ3v) is 7.26. The van der Waals surface area contributed by atoms with Gasteiger partial charge < -0.3 is 15.1 Å². The van der Waals surface area contributed by atoms with Crippen LogP contribution >= 0.6 is 11.3 Å². The lowest BCUT2D eigenvalue weighted by atomic mass is 10.3. The predicted octanol–water partition coefficient (Wildman–Crippen LogP) is 0.319. The molecule has 0 spiro atoms. The minimum Gasteiger partial charge on any atom is -0.345 e. The number of rotatable bonds is 4. The Morgan fingerprint density at radius 3 is 2.62 bits per heavy atom. The fraction of sp³-hybridized carbons (Fsp3) is 0.714. The van der Waals surface area contributed by atoms with Crippen molar-refractivity contribution in [3.8, 4) is 0 Å². The van der Waals surface area contributed by atoms with Gasteiger partial charge in [-0.05, 0) is 13.3 Å². The summed E-state index contributed by atoms with van der Waals surface area (Å²) < 4.78 is 24.9. The van der Waals surface area contributed by atoms with Crippen molar-refractivity contribution >= 4 is 32.5 Å². The van der Waals surface area contributed by atoms with E-state index in [0.717, 1.165) is 23.9 Å². The quantitative estimate of drug-likeness (QED) is 0.821. The number of carbonyl (C=O) groups is 1. The predicted molar refractivity (Wildman–Crippen MR) is 94.0 cm³/mol. The van der Waals surface area contributed by atoms with Gasteiger partial charge in [-0.2, -0.15) is 0 Å². The largest absolute Gasteiger partial charge is 0.345 e. The monoisotopic (exact) mass is 373 g/mol. The number of urea groups is 1. The van der Waals surface area contributed by atoms with Crippen LogP contribution in [0.15, 0.2) is 5.38 Å². The van der Waals surface area contributed by atoms with Gasteiger partial charge in [0.05, 0.1) is 11.4 Å². The summed E-state index contributed by atoms with van der Waals surface area (Å²) >= 11 is 1.63. The van der Waals surface area contributed by atoms with Crippen LogP contribution in [-0.4, -0.2) is 80.2 Å². The molecule has 0 aliphatic carbocycles. The van der Waals surface area contributed by atoms with Crippen molar-refractivity contribution in [3.05, 3.63) is 11.1 Å². The van der Waals surface area contributed by atoms with Crippen LogP contribution in [0.25, 0.3) is 0 Å². The SMILES string of the molecule is Cc1csc(N2CCN(C(=O)NCCN3CCCS3(=O)=O)CC2)n1. The van der Waals surface area contributed by atoms with Crippen molar-refractivity contribution < 1.29 is 13.2 Å². The molecule has 3 heterocycles. The number of aryl methyl sites for hydroxylation is 1. The van der Waals surface area contributed by atoms with E-state index in [1.165, 1.54) is 4.31 Å². The molecular weight excluding hydrogens is 350 g/mol. The zero-order valence-corrected chi connectivity index (χ0v) is 15.4. The summed E-state index contributed by atoms with van der Waals surface area (Å²) in [6, 6.07) is -0.124. The van der Waals surface area contributed by atoms with Gasteiger partial charge in [0, 0.05) is 51.2 Å². The number of piperazine rings is 1. The Hall–Kier alpha value is -1.39. The molecule has 134 valence electrons. The summed E-state index contributed by atoms with van der Waals surface area (Å²) in [7, 11) is -3.09. The zero-order chi connectivity index (χ0) is 17.2. The average Bonchev–Trinajstić information content (AvgIpc) is 3.13. The van der Waals surface area contributed by atoms with E-state index in [1.54, 1.807) is 16.2 Å². The smallest absolute Gasteiger partial charge is 0.317 e. The number of nitrogens with zero attached hydrogens (tertiary/aromatic N) is 4. The normalized spacial score (nSPS) is 21.2. The van der Waals surface area contributed by atoms with Gasteiger partial charge in [-0.1, -0.05) is 0 Å². The minimum atomic E-state index is -3.09. The van der Waals surface area contributed by atoms with Crippen molar-refractivity contribution in [2.45, 2.75) is 13.3 Å². The highest BCUT2D eigenvalue weighted by atomic mass is 32.2. The number of aromatic nitrogens is 1. The van der Waals surface area contributed by atoms with Crippen molar-refractivity contribution in [2.75, 3.05) is 56.5 Å². The van der Waals surface area contributed by atoms with E-state index in [2.05, 4.69) is 15.2 Å². The fourth-order valence-corrected chi connectivity index (χ4v) is 5.32. The van der Waals surface area contributed by atoms with E-state index in [4.69, 9.17) is 0 Å². The third-order valence-electron chi connectivity index (χ3n) is 4.28. The molecule has 2 aliphatic heterocycles. The van der Waals surface area contributed by atoms with Crippen molar-refractivity contribution in [2.24, 2.45) is 0 Å². The van der Waals surface area contributed by atoms with E-state index in [1.807, 2.05) is 12.3 Å². The van der Waals surface area contributed by atoms with Gasteiger partial charge in [0.15, 0.2) is 5.13 Å². The molecule has 0 bridgehead atoms. The molecule has 0 aromatic carbocycles. The molecule has 0 radical (unpaired) electrons. The number of nitrogens with one attached hydrogen (secondary N) is 1. The van der Waals surface area contributed by atoms with Gasteiger partial charge in [-0.3, -0.25) is 0 Å². The van der Waals surface area contributed by atoms with Crippen LogP contribution in [0.2, 0.25) is 0 Å². The van der Waals surface area contributed by atoms with E-state index in [0.29, 0.717) is 39.1 Å². The first kappa shape index (κ1) is 17.4. The Bertz CT molecular complexity index is 682. The van der Waals surface area contributed by atoms with Gasteiger partial charge in [-0.15, -0.1) is 11.3 Å². The van der Waals surface area contributed by atoms with E-state index >= 15 is 0 Å². The van der Waals surface area contributed by atoms with Crippen molar-refractivity contribution in [1.29, 1.82) is 0 Å². The molecule has 1 N–H and O–H groups in total. The molecule has 1 aromatic rings. The lowest BCUT2D eigenvalue weighted by molar-refractivity contribution is 0.193. The van der Waals surface area contributed by atoms with Crippen molar-refractivity contribution in [1.82, 2.24) is 19.5 Å². The maximum atomic E-state index is 12.2. The molecule has 2 amide bonds. The highest BCUT2D eigenvalue weighted by Gasteiger charge is 2.28. The molecule has 8 nitrogen and oxygen atoms in total. The standard InChI is InChI=1S/C14H23N5O3S2/c1-12-11-23-14(16-12)18-8-6-17(7-9-18)13(20)15-3-5-19-4-2-10-24(19,21)22/h11H,2-10H2,1H3,(H,15,20). The lowest BCUT2D eigenvalue weighted by Gasteiger charge is -2.34. The van der Waals surface area contributed by atoms with Gasteiger partial charge in [0.1, 0.15) is 0 Å². The highest BCUT2D eigenvalue weighted by molar-refractivity contribution is 7.89. The summed E-state index contributed by atoms with van der Waals surface area (Å²) in [4.78, 5) is 20.6. The molecule has 2 saturated heterocycles. The Balaban J connectivity index is 1.41. The molecule has 0 saturated carbocycles. The van der Waals surface area contributed by atoms with Crippen molar-refractivity contribution in [3.63, 3.8) is 0 Å². The van der Waals surface area contributed by atoms with Gasteiger partial charge in [0.2, 0.25) is 10.0 Å². The van der Waals surface area contributed by atoms with Gasteiger partial charge >= 0.3 is 6.03 Å². The molecule has 2 fully saturated rings. The summed E-state index contributed by atoms with van der Waals surface area (Å²) in [6.07, 6.45) is 0.675. The maximum Gasteiger partial charge on any atom is 0.317 e. The summed E-state index contributed by atoms with van der Waals surface area (Å²) in [6.45, 7) is 6.06. The number of anilines is 1. The molecule has 2 aliphatic rings. The topological polar surface area (TPSA) is 85.9 Å². The lowest BCUT2D eigenvalue weighted by Crippen LogP contribution is -2.52. The second kappa shape index (κ2) is 7.24. The fourth-order valence-electron chi connectivity index (χ4n) is 2.93. The first-order valence-corrected chi connectivity index (χ1v) is 10.6. The number of sulfonamides is 1. The highest BCUT2D eigenvalue weighted by Crippen LogP contribution is 2.21. The molecule has 24 heavy (non-hydrogen) atoms. The van der Waals surface area contributed by atoms with Crippen LogP contribution in [0.3, 0.4) is 0 Å². The minimum absolute atomic E-state index is 0.124. The number of thiazole rings is 1. The summed E-state index contributed by atoms with van der Waals surface area (Å²) in [5.74, 6) is 0.221. The molecule has 1 aromatic heterocycles. The Labute approximate surface area is 146 Å². The van der Waals surface area contributed by atoms with E-state index in [-0.39, 0.29) is 11.8 Å². The Morgan fingerprint density at radius 1 is 1.29 bits per heavy atom. The number of hydrogen-bond donors (Lipinski definition) is 1. The maximum absolute atomic E-state index is 12.2. The van der Waals surface area contributed by atoms with Crippen LogP contribution in [0, 0.1) is 6.92 Å². The zero-order valence-electron chi connectivity index (χ0n) is 13.8. The first-order chi connectivity index (χ1) is 11.5. The first-order valence-electron chi connectivity index (χ1n) is 8.13. The van der Waals surface area contributed by atoms with Gasteiger partial charge in [-0.25, -0.2) is 22.5 Å². The summed E-state index contributed by atoms with van der Waals surface area (Å²) in [5.41, 5.74) is 1.02. The van der Waals surface area contributed by atoms with Crippen LogP contribution in [0.5, 0.6) is 0 Å². The van der Waals surface area contributed by atoms with E-state index < -0.39 is 10.0 Å². The Kier molecular flexibility index (Phi) is 5.26.